The van der Waals surface area contributed by atoms with Crippen LogP contribution in [0, 0.1) is 17.3 Å². The van der Waals surface area contributed by atoms with Crippen molar-refractivity contribution in [2.24, 2.45) is 17.3 Å². The second kappa shape index (κ2) is 5.37. The number of esters is 1. The SMILES string of the molecule is COC(=O)CCCNC(=O)[C@H]1[C@@H](C(=O)O)C1(C)C. The summed E-state index contributed by atoms with van der Waals surface area (Å²) in [5, 5.41) is 11.6. The summed E-state index contributed by atoms with van der Waals surface area (Å²) in [7, 11) is 1.31. The molecule has 1 rings (SSSR count). The van der Waals surface area contributed by atoms with E-state index in [1.165, 1.54) is 7.11 Å². The Morgan fingerprint density at radius 2 is 1.89 bits per heavy atom. The Labute approximate surface area is 106 Å². The first-order chi connectivity index (χ1) is 8.32. The molecular formula is C12H19NO5. The van der Waals surface area contributed by atoms with Gasteiger partial charge in [0.2, 0.25) is 5.91 Å². The molecule has 0 aromatic carbocycles. The van der Waals surface area contributed by atoms with Crippen molar-refractivity contribution in [3.8, 4) is 0 Å². The number of hydrogen-bond donors (Lipinski definition) is 2. The molecule has 0 aromatic rings. The van der Waals surface area contributed by atoms with Crippen molar-refractivity contribution in [1.29, 1.82) is 0 Å². The molecule has 6 nitrogen and oxygen atoms in total. The van der Waals surface area contributed by atoms with Gasteiger partial charge in [-0.05, 0) is 11.8 Å². The van der Waals surface area contributed by atoms with Gasteiger partial charge in [-0.2, -0.15) is 0 Å². The van der Waals surface area contributed by atoms with Crippen LogP contribution in [0.3, 0.4) is 0 Å². The van der Waals surface area contributed by atoms with E-state index in [0.29, 0.717) is 13.0 Å². The smallest absolute Gasteiger partial charge is 0.307 e. The molecule has 2 atom stereocenters. The van der Waals surface area contributed by atoms with Crippen LogP contribution in [0.4, 0.5) is 0 Å². The molecule has 0 bridgehead atoms. The van der Waals surface area contributed by atoms with E-state index >= 15 is 0 Å². The van der Waals surface area contributed by atoms with Crippen LogP contribution < -0.4 is 5.32 Å². The summed E-state index contributed by atoms with van der Waals surface area (Å²) in [5.41, 5.74) is -0.488. The molecule has 102 valence electrons. The van der Waals surface area contributed by atoms with Crippen molar-refractivity contribution in [2.45, 2.75) is 26.7 Å². The lowest BCUT2D eigenvalue weighted by molar-refractivity contribution is -0.141. The van der Waals surface area contributed by atoms with Crippen molar-refractivity contribution in [3.63, 3.8) is 0 Å². The van der Waals surface area contributed by atoms with Gasteiger partial charge in [-0.25, -0.2) is 0 Å². The van der Waals surface area contributed by atoms with Gasteiger partial charge in [-0.15, -0.1) is 0 Å². The summed E-state index contributed by atoms with van der Waals surface area (Å²) in [6.45, 7) is 3.89. The first kappa shape index (κ1) is 14.5. The standard InChI is InChI=1S/C12H19NO5/c1-12(2)8(9(12)11(16)17)10(15)13-6-4-5-7(14)18-3/h8-9H,4-6H2,1-3H3,(H,13,15)(H,16,17)/t8-,9+/m1/s1. The zero-order valence-electron chi connectivity index (χ0n) is 10.9. The van der Waals surface area contributed by atoms with Crippen molar-refractivity contribution >= 4 is 17.8 Å². The molecule has 2 N–H and O–H groups in total. The number of carbonyl (C=O) groups excluding carboxylic acids is 2. The highest BCUT2D eigenvalue weighted by atomic mass is 16.5. The summed E-state index contributed by atoms with van der Waals surface area (Å²) >= 11 is 0. The third-order valence-electron chi connectivity index (χ3n) is 3.46. The molecule has 0 aromatic heterocycles. The minimum atomic E-state index is -0.935. The Morgan fingerprint density at radius 3 is 2.33 bits per heavy atom. The average molecular weight is 257 g/mol. The number of carbonyl (C=O) groups is 3. The normalized spacial score (nSPS) is 24.2. The minimum absolute atomic E-state index is 0.243. The number of nitrogens with one attached hydrogen (secondary N) is 1. The molecule has 1 saturated carbocycles. The Hall–Kier alpha value is -1.59. The number of hydrogen-bond acceptors (Lipinski definition) is 4. The molecule has 18 heavy (non-hydrogen) atoms. The van der Waals surface area contributed by atoms with Crippen LogP contribution in [-0.4, -0.2) is 36.6 Å². The Bertz CT molecular complexity index is 363. The summed E-state index contributed by atoms with van der Waals surface area (Å²) in [5.74, 6) is -2.60. The fraction of sp³-hybridized carbons (Fsp3) is 0.750. The van der Waals surface area contributed by atoms with E-state index in [9.17, 15) is 14.4 Å². The monoisotopic (exact) mass is 257 g/mol. The molecular weight excluding hydrogens is 238 g/mol. The molecule has 6 heteroatoms. The van der Waals surface area contributed by atoms with Gasteiger partial charge in [0.25, 0.3) is 0 Å². The van der Waals surface area contributed by atoms with Gasteiger partial charge in [0.1, 0.15) is 0 Å². The van der Waals surface area contributed by atoms with Crippen LogP contribution >= 0.6 is 0 Å². The first-order valence-corrected chi connectivity index (χ1v) is 5.89. The lowest BCUT2D eigenvalue weighted by Crippen LogP contribution is -2.28. The summed E-state index contributed by atoms with van der Waals surface area (Å²) in [4.78, 5) is 33.5. The van der Waals surface area contributed by atoms with Crippen LogP contribution in [0.2, 0.25) is 0 Å². The first-order valence-electron chi connectivity index (χ1n) is 5.89. The third-order valence-corrected chi connectivity index (χ3v) is 3.46. The lowest BCUT2D eigenvalue weighted by atomic mass is 10.1. The molecule has 0 radical (unpaired) electrons. The molecule has 1 aliphatic rings. The van der Waals surface area contributed by atoms with Crippen LogP contribution in [0.5, 0.6) is 0 Å². The number of rotatable bonds is 6. The fourth-order valence-corrected chi connectivity index (χ4v) is 2.24. The number of methoxy groups -OCH3 is 1. The summed E-state index contributed by atoms with van der Waals surface area (Å²) < 4.78 is 4.47. The van der Waals surface area contributed by atoms with Gasteiger partial charge in [0.05, 0.1) is 18.9 Å². The average Bonchev–Trinajstić information content (AvgIpc) is 2.87. The molecule has 1 aliphatic carbocycles. The second-order valence-electron chi connectivity index (χ2n) is 5.09. The van der Waals surface area contributed by atoms with Gasteiger partial charge < -0.3 is 15.2 Å². The molecule has 1 amide bonds. The number of carboxylic acids is 1. The van der Waals surface area contributed by atoms with Crippen molar-refractivity contribution < 1.29 is 24.2 Å². The molecule has 0 saturated heterocycles. The largest absolute Gasteiger partial charge is 0.481 e. The highest BCUT2D eigenvalue weighted by molar-refractivity contribution is 5.91. The highest BCUT2D eigenvalue weighted by Gasteiger charge is 2.65. The molecule has 1 fully saturated rings. The maximum absolute atomic E-state index is 11.8. The summed E-state index contributed by atoms with van der Waals surface area (Å²) in [6, 6.07) is 0. The molecule has 0 heterocycles. The van der Waals surface area contributed by atoms with Crippen LogP contribution in [0.25, 0.3) is 0 Å². The second-order valence-corrected chi connectivity index (χ2v) is 5.09. The van der Waals surface area contributed by atoms with Gasteiger partial charge in [0.15, 0.2) is 0 Å². The minimum Gasteiger partial charge on any atom is -0.481 e. The number of carboxylic acid groups (broad SMARTS) is 1. The van der Waals surface area contributed by atoms with E-state index in [1.807, 2.05) is 0 Å². The van der Waals surface area contributed by atoms with E-state index < -0.39 is 23.2 Å². The van der Waals surface area contributed by atoms with Crippen molar-refractivity contribution in [2.75, 3.05) is 13.7 Å². The van der Waals surface area contributed by atoms with Crippen LogP contribution in [-0.2, 0) is 19.1 Å². The third kappa shape index (κ3) is 3.00. The molecule has 0 unspecified atom stereocenters. The Kier molecular flexibility index (Phi) is 4.32. The highest BCUT2D eigenvalue weighted by Crippen LogP contribution is 2.58. The molecule has 0 aliphatic heterocycles. The zero-order valence-corrected chi connectivity index (χ0v) is 10.9. The van der Waals surface area contributed by atoms with Gasteiger partial charge in [0, 0.05) is 13.0 Å². The summed E-state index contributed by atoms with van der Waals surface area (Å²) in [6.07, 6.45) is 0.733. The fourth-order valence-electron chi connectivity index (χ4n) is 2.24. The lowest BCUT2D eigenvalue weighted by Gasteiger charge is -2.05. The van der Waals surface area contributed by atoms with E-state index in [1.54, 1.807) is 13.8 Å². The van der Waals surface area contributed by atoms with Crippen LogP contribution in [0.1, 0.15) is 26.7 Å². The molecule has 0 spiro atoms. The number of ether oxygens (including phenoxy) is 1. The van der Waals surface area contributed by atoms with E-state index in [4.69, 9.17) is 5.11 Å². The van der Waals surface area contributed by atoms with E-state index in [0.717, 1.165) is 0 Å². The van der Waals surface area contributed by atoms with Gasteiger partial charge in [-0.1, -0.05) is 13.8 Å². The van der Waals surface area contributed by atoms with E-state index in [2.05, 4.69) is 10.1 Å². The number of aliphatic carboxylic acids is 1. The van der Waals surface area contributed by atoms with Crippen LogP contribution in [0.15, 0.2) is 0 Å². The predicted molar refractivity (Wildman–Crippen MR) is 62.7 cm³/mol. The van der Waals surface area contributed by atoms with Gasteiger partial charge in [-0.3, -0.25) is 14.4 Å². The Morgan fingerprint density at radius 1 is 1.28 bits per heavy atom. The zero-order chi connectivity index (χ0) is 13.9. The predicted octanol–water partition coefficient (Wildman–Crippen LogP) is 0.413. The van der Waals surface area contributed by atoms with Gasteiger partial charge >= 0.3 is 11.9 Å². The van der Waals surface area contributed by atoms with Crippen molar-refractivity contribution in [3.05, 3.63) is 0 Å². The van der Waals surface area contributed by atoms with Crippen molar-refractivity contribution in [1.82, 2.24) is 5.32 Å². The quantitative estimate of drug-likeness (QED) is 0.531. The Balaban J connectivity index is 2.31. The maximum Gasteiger partial charge on any atom is 0.307 e. The maximum atomic E-state index is 11.8. The topological polar surface area (TPSA) is 92.7 Å². The van der Waals surface area contributed by atoms with E-state index in [-0.39, 0.29) is 18.3 Å². The number of amides is 1.